The van der Waals surface area contributed by atoms with Gasteiger partial charge in [0.05, 0.1) is 6.61 Å². The minimum absolute atomic E-state index is 0.777. The van der Waals surface area contributed by atoms with Crippen molar-refractivity contribution in [2.75, 3.05) is 0 Å². The van der Waals surface area contributed by atoms with E-state index in [1.807, 2.05) is 6.61 Å². The van der Waals surface area contributed by atoms with Crippen LogP contribution in [0.25, 0.3) is 0 Å². The largest absolute Gasteiger partial charge is 0.366 e. The molecule has 2 heterocycles. The first-order valence-electron chi connectivity index (χ1n) is 2.47. The van der Waals surface area contributed by atoms with E-state index in [9.17, 15) is 0 Å². The fourth-order valence-electron chi connectivity index (χ4n) is 0.775. The first-order chi connectivity index (χ1) is 3.97. The molecule has 1 aliphatic heterocycles. The van der Waals surface area contributed by atoms with Crippen LogP contribution in [0.3, 0.4) is 0 Å². The van der Waals surface area contributed by atoms with E-state index in [2.05, 4.69) is 10.8 Å². The Kier molecular flexibility index (Phi) is 0.889. The van der Waals surface area contributed by atoms with Gasteiger partial charge in [-0.2, -0.15) is 11.3 Å². The van der Waals surface area contributed by atoms with Gasteiger partial charge in [0.2, 0.25) is 0 Å². The predicted octanol–water partition coefficient (Wildman–Crippen LogP) is 1.79. The van der Waals surface area contributed by atoms with Gasteiger partial charge in [0.25, 0.3) is 0 Å². The normalized spacial score (nSPS) is 16.5. The molecular weight excluding hydrogens is 120 g/mol. The minimum Gasteiger partial charge on any atom is -0.366 e. The van der Waals surface area contributed by atoms with Gasteiger partial charge in [-0.15, -0.1) is 0 Å². The van der Waals surface area contributed by atoms with Crippen molar-refractivity contribution in [2.24, 2.45) is 0 Å². The molecule has 0 aromatic carbocycles. The first kappa shape index (κ1) is 4.53. The number of hydrogen-bond acceptors (Lipinski definition) is 2. The van der Waals surface area contributed by atoms with Gasteiger partial charge in [0.1, 0.15) is 6.61 Å². The van der Waals surface area contributed by atoms with E-state index in [-0.39, 0.29) is 0 Å². The number of thiophene rings is 1. The van der Waals surface area contributed by atoms with Crippen LogP contribution in [0, 0.1) is 6.61 Å². The summed E-state index contributed by atoms with van der Waals surface area (Å²) in [4.78, 5) is 0. The summed E-state index contributed by atoms with van der Waals surface area (Å²) in [5.74, 6) is 0. The van der Waals surface area contributed by atoms with Crippen molar-refractivity contribution >= 4 is 11.3 Å². The summed E-state index contributed by atoms with van der Waals surface area (Å²) >= 11 is 1.73. The lowest BCUT2D eigenvalue weighted by Crippen LogP contribution is -1.70. The van der Waals surface area contributed by atoms with E-state index in [1.54, 1.807) is 11.3 Å². The molecule has 0 aliphatic carbocycles. The topological polar surface area (TPSA) is 9.23 Å². The third-order valence-electron chi connectivity index (χ3n) is 1.23. The Labute approximate surface area is 51.9 Å². The van der Waals surface area contributed by atoms with Crippen LogP contribution in [0.1, 0.15) is 11.1 Å². The lowest BCUT2D eigenvalue weighted by atomic mass is 10.2. The van der Waals surface area contributed by atoms with E-state index in [0.29, 0.717) is 0 Å². The molecule has 0 amide bonds. The molecule has 0 N–H and O–H groups in total. The molecule has 0 fully saturated rings. The number of ether oxygens (including phenoxy) is 1. The van der Waals surface area contributed by atoms with Gasteiger partial charge in [0, 0.05) is 0 Å². The molecule has 1 aromatic heterocycles. The quantitative estimate of drug-likeness (QED) is 0.513. The van der Waals surface area contributed by atoms with Crippen LogP contribution in [0.4, 0.5) is 0 Å². The van der Waals surface area contributed by atoms with Crippen LogP contribution in [-0.4, -0.2) is 0 Å². The SMILES string of the molecule is [CH]1OCc2cscc21. The molecule has 8 heavy (non-hydrogen) atoms. The van der Waals surface area contributed by atoms with Crippen LogP contribution in [0.2, 0.25) is 0 Å². The van der Waals surface area contributed by atoms with Crippen molar-refractivity contribution in [2.45, 2.75) is 6.61 Å². The molecular formula is C6H5OS. The van der Waals surface area contributed by atoms with Crippen molar-refractivity contribution in [1.29, 1.82) is 0 Å². The Hall–Kier alpha value is -0.340. The standard InChI is InChI=1S/C6H5OS/c1-5-3-8-4-6(5)2-7-1/h1,3-4H,2H2. The first-order valence-corrected chi connectivity index (χ1v) is 3.41. The van der Waals surface area contributed by atoms with Gasteiger partial charge < -0.3 is 4.74 Å². The highest BCUT2D eigenvalue weighted by atomic mass is 32.1. The zero-order valence-electron chi connectivity index (χ0n) is 4.26. The van der Waals surface area contributed by atoms with E-state index >= 15 is 0 Å². The number of hydrogen-bond donors (Lipinski definition) is 0. The van der Waals surface area contributed by atoms with Crippen LogP contribution >= 0.6 is 11.3 Å². The summed E-state index contributed by atoms with van der Waals surface area (Å²) in [7, 11) is 0. The maximum Gasteiger partial charge on any atom is 0.114 e. The van der Waals surface area contributed by atoms with Gasteiger partial charge in [-0.1, -0.05) is 0 Å². The Balaban J connectivity index is 2.54. The molecule has 2 heteroatoms. The Morgan fingerprint density at radius 2 is 2.50 bits per heavy atom. The number of rotatable bonds is 0. The highest BCUT2D eigenvalue weighted by molar-refractivity contribution is 7.08. The lowest BCUT2D eigenvalue weighted by Gasteiger charge is -1.81. The highest BCUT2D eigenvalue weighted by Gasteiger charge is 2.10. The third-order valence-corrected chi connectivity index (χ3v) is 2.04. The summed E-state index contributed by atoms with van der Waals surface area (Å²) in [5, 5.41) is 4.22. The smallest absolute Gasteiger partial charge is 0.114 e. The second kappa shape index (κ2) is 1.57. The molecule has 0 atom stereocenters. The van der Waals surface area contributed by atoms with Crippen molar-refractivity contribution in [3.63, 3.8) is 0 Å². The monoisotopic (exact) mass is 125 g/mol. The van der Waals surface area contributed by atoms with Gasteiger partial charge >= 0.3 is 0 Å². The van der Waals surface area contributed by atoms with Gasteiger partial charge in [-0.25, -0.2) is 0 Å². The van der Waals surface area contributed by atoms with Crippen LogP contribution in [0.15, 0.2) is 10.8 Å². The molecule has 0 unspecified atom stereocenters. The summed E-state index contributed by atoms with van der Waals surface area (Å²) in [6.45, 7) is 2.59. The summed E-state index contributed by atoms with van der Waals surface area (Å²) < 4.78 is 5.04. The van der Waals surface area contributed by atoms with E-state index in [4.69, 9.17) is 4.74 Å². The van der Waals surface area contributed by atoms with E-state index in [1.165, 1.54) is 11.1 Å². The van der Waals surface area contributed by atoms with Crippen LogP contribution < -0.4 is 0 Å². The van der Waals surface area contributed by atoms with Gasteiger partial charge in [0.15, 0.2) is 0 Å². The second-order valence-corrected chi connectivity index (χ2v) is 2.52. The zero-order chi connectivity index (χ0) is 5.40. The summed E-state index contributed by atoms with van der Waals surface area (Å²) in [6.07, 6.45) is 0. The molecule has 1 radical (unpaired) electrons. The predicted molar refractivity (Wildman–Crippen MR) is 32.5 cm³/mol. The van der Waals surface area contributed by atoms with Gasteiger partial charge in [-0.05, 0) is 21.9 Å². The van der Waals surface area contributed by atoms with E-state index in [0.717, 1.165) is 6.61 Å². The van der Waals surface area contributed by atoms with Crippen molar-refractivity contribution in [3.05, 3.63) is 28.5 Å². The third kappa shape index (κ3) is 0.501. The fourth-order valence-corrected chi connectivity index (χ4v) is 1.57. The number of fused-ring (bicyclic) bond motifs is 1. The molecule has 1 aromatic rings. The lowest BCUT2D eigenvalue weighted by molar-refractivity contribution is 0.223. The molecule has 1 nitrogen and oxygen atoms in total. The van der Waals surface area contributed by atoms with Crippen LogP contribution in [0.5, 0.6) is 0 Å². The van der Waals surface area contributed by atoms with Gasteiger partial charge in [-0.3, -0.25) is 0 Å². The summed E-state index contributed by atoms with van der Waals surface area (Å²) in [6, 6.07) is 0. The average molecular weight is 125 g/mol. The molecule has 2 rings (SSSR count). The molecule has 1 aliphatic rings. The molecule has 0 saturated carbocycles. The molecule has 41 valence electrons. The Morgan fingerprint density at radius 1 is 1.50 bits per heavy atom. The van der Waals surface area contributed by atoms with Crippen molar-refractivity contribution < 1.29 is 4.74 Å². The maximum absolute atomic E-state index is 5.04. The fraction of sp³-hybridized carbons (Fsp3) is 0.167. The van der Waals surface area contributed by atoms with E-state index < -0.39 is 0 Å². The Morgan fingerprint density at radius 3 is 3.38 bits per heavy atom. The zero-order valence-corrected chi connectivity index (χ0v) is 5.07. The van der Waals surface area contributed by atoms with Crippen molar-refractivity contribution in [1.82, 2.24) is 0 Å². The maximum atomic E-state index is 5.04. The van der Waals surface area contributed by atoms with Crippen molar-refractivity contribution in [3.8, 4) is 0 Å². The second-order valence-electron chi connectivity index (χ2n) is 1.78. The highest BCUT2D eigenvalue weighted by Crippen LogP contribution is 2.24. The van der Waals surface area contributed by atoms with Crippen LogP contribution in [-0.2, 0) is 11.3 Å². The average Bonchev–Trinajstić information content (AvgIpc) is 2.15. The Bertz CT molecular complexity index is 174. The molecule has 0 bridgehead atoms. The molecule has 0 saturated heterocycles. The molecule has 0 spiro atoms. The summed E-state index contributed by atoms with van der Waals surface area (Å²) in [5.41, 5.74) is 2.59. The minimum atomic E-state index is 0.777.